The fourth-order valence-electron chi connectivity index (χ4n) is 2.43. The molecule has 0 heterocycles. The molecule has 0 aromatic heterocycles. The first kappa shape index (κ1) is 23.0. The van der Waals surface area contributed by atoms with Gasteiger partial charge in [-0.05, 0) is 43.3 Å². The lowest BCUT2D eigenvalue weighted by Crippen LogP contribution is -2.24. The summed E-state index contributed by atoms with van der Waals surface area (Å²) in [5.41, 5.74) is -1.32. The largest absolute Gasteiger partial charge is 0.492 e. The average Bonchev–Trinajstić information content (AvgIpc) is 2.62. The Kier molecular flexibility index (Phi) is 7.15. The number of benzene rings is 2. The van der Waals surface area contributed by atoms with Crippen LogP contribution in [0.5, 0.6) is 5.75 Å². The van der Waals surface area contributed by atoms with Gasteiger partial charge in [0.05, 0.1) is 17.2 Å². The highest BCUT2D eigenvalue weighted by Crippen LogP contribution is 2.36. The maximum Gasteiger partial charge on any atom is 0.417 e. The molecule has 2 rings (SSSR count). The number of carbonyl (C=O) groups excluding carboxylic acids is 1. The van der Waals surface area contributed by atoms with Crippen molar-refractivity contribution >= 4 is 33.2 Å². The molecule has 2 aromatic carbocycles. The lowest BCUT2D eigenvalue weighted by Gasteiger charge is -2.14. The van der Waals surface area contributed by atoms with Crippen LogP contribution in [0.25, 0.3) is 0 Å². The number of sulfonamides is 1. The molecule has 0 bridgehead atoms. The van der Waals surface area contributed by atoms with Crippen molar-refractivity contribution in [2.45, 2.75) is 24.9 Å². The Labute approximate surface area is 171 Å². The van der Waals surface area contributed by atoms with Gasteiger partial charge in [0.1, 0.15) is 10.6 Å². The Hall–Kier alpha value is -2.30. The fourth-order valence-corrected chi connectivity index (χ4v) is 3.86. The number of halogens is 4. The van der Waals surface area contributed by atoms with Crippen LogP contribution in [0, 0.1) is 0 Å². The Morgan fingerprint density at radius 2 is 1.83 bits per heavy atom. The molecule has 0 unspecified atom stereocenters. The van der Waals surface area contributed by atoms with Gasteiger partial charge >= 0.3 is 6.18 Å². The normalized spacial score (nSPS) is 11.9. The molecule has 2 aromatic rings. The molecule has 1 amide bonds. The van der Waals surface area contributed by atoms with Crippen molar-refractivity contribution in [3.05, 3.63) is 52.5 Å². The first-order chi connectivity index (χ1) is 13.5. The summed E-state index contributed by atoms with van der Waals surface area (Å²) in [5.74, 6) is -0.743. The first-order valence-electron chi connectivity index (χ1n) is 8.44. The summed E-state index contributed by atoms with van der Waals surface area (Å²) in [6, 6.07) is 6.64. The number of anilines is 1. The number of rotatable bonds is 7. The van der Waals surface area contributed by atoms with E-state index in [1.54, 1.807) is 13.8 Å². The van der Waals surface area contributed by atoms with E-state index < -0.39 is 32.7 Å². The molecule has 0 aliphatic carbocycles. The number of amides is 1. The zero-order valence-electron chi connectivity index (χ0n) is 15.4. The van der Waals surface area contributed by atoms with E-state index in [-0.39, 0.29) is 35.0 Å². The topological polar surface area (TPSA) is 84.5 Å². The van der Waals surface area contributed by atoms with E-state index in [0.717, 1.165) is 12.1 Å². The van der Waals surface area contributed by atoms with Crippen LogP contribution in [0.1, 0.15) is 29.8 Å². The molecular weight excluding hydrogens is 433 g/mol. The van der Waals surface area contributed by atoms with Gasteiger partial charge in [-0.25, -0.2) is 13.1 Å². The maximum atomic E-state index is 13.0. The van der Waals surface area contributed by atoms with Crippen molar-refractivity contribution in [1.82, 2.24) is 4.72 Å². The standard InChI is InChI=1S/C18H18ClF3N2O4S/c1-3-23-29(26,27)16-9-11(5-8-15(16)28-4-2)17(25)24-12-6-7-14(19)13(10-12)18(20,21)22/h5-10,23H,3-4H2,1-2H3,(H,24,25). The van der Waals surface area contributed by atoms with Crippen molar-refractivity contribution in [3.63, 3.8) is 0 Å². The molecule has 0 aliphatic heterocycles. The number of hydrogen-bond donors (Lipinski definition) is 2. The van der Waals surface area contributed by atoms with E-state index in [1.165, 1.54) is 18.2 Å². The molecule has 29 heavy (non-hydrogen) atoms. The molecule has 6 nitrogen and oxygen atoms in total. The van der Waals surface area contributed by atoms with E-state index in [0.29, 0.717) is 6.07 Å². The van der Waals surface area contributed by atoms with E-state index in [4.69, 9.17) is 16.3 Å². The molecule has 2 N–H and O–H groups in total. The summed E-state index contributed by atoms with van der Waals surface area (Å²) in [6.07, 6.45) is -4.69. The Balaban J connectivity index is 2.39. The molecule has 0 saturated carbocycles. The van der Waals surface area contributed by atoms with Gasteiger partial charge in [0.15, 0.2) is 0 Å². The fraction of sp³-hybridized carbons (Fsp3) is 0.278. The second kappa shape index (κ2) is 9.02. The van der Waals surface area contributed by atoms with Gasteiger partial charge in [-0.3, -0.25) is 4.79 Å². The minimum absolute atomic E-state index is 0.0517. The van der Waals surface area contributed by atoms with E-state index in [2.05, 4.69) is 10.0 Å². The predicted molar refractivity (Wildman–Crippen MR) is 103 cm³/mol. The lowest BCUT2D eigenvalue weighted by molar-refractivity contribution is -0.137. The molecule has 0 fully saturated rings. The van der Waals surface area contributed by atoms with Crippen LogP contribution >= 0.6 is 11.6 Å². The van der Waals surface area contributed by atoms with Crippen molar-refractivity contribution in [1.29, 1.82) is 0 Å². The molecular formula is C18H18ClF3N2O4S. The van der Waals surface area contributed by atoms with Gasteiger partial charge in [-0.2, -0.15) is 13.2 Å². The van der Waals surface area contributed by atoms with E-state index in [9.17, 15) is 26.4 Å². The Morgan fingerprint density at radius 1 is 1.14 bits per heavy atom. The van der Waals surface area contributed by atoms with Crippen molar-refractivity contribution in [3.8, 4) is 5.75 Å². The summed E-state index contributed by atoms with van der Waals surface area (Å²) < 4.78 is 71.3. The zero-order chi connectivity index (χ0) is 21.8. The van der Waals surface area contributed by atoms with Crippen molar-refractivity contribution < 1.29 is 31.1 Å². The highest BCUT2D eigenvalue weighted by atomic mass is 35.5. The van der Waals surface area contributed by atoms with E-state index in [1.807, 2.05) is 0 Å². The maximum absolute atomic E-state index is 13.0. The van der Waals surface area contributed by atoms with Gasteiger partial charge in [0.25, 0.3) is 5.91 Å². The van der Waals surface area contributed by atoms with Crippen LogP contribution in [0.2, 0.25) is 5.02 Å². The summed E-state index contributed by atoms with van der Waals surface area (Å²) >= 11 is 5.56. The highest BCUT2D eigenvalue weighted by Gasteiger charge is 2.33. The molecule has 0 atom stereocenters. The van der Waals surface area contributed by atoms with Crippen LogP contribution in [-0.4, -0.2) is 27.5 Å². The van der Waals surface area contributed by atoms with Crippen LogP contribution in [-0.2, 0) is 16.2 Å². The number of nitrogens with one attached hydrogen (secondary N) is 2. The smallest absolute Gasteiger partial charge is 0.417 e. The molecule has 0 spiro atoms. The SMILES string of the molecule is CCNS(=O)(=O)c1cc(C(=O)Nc2ccc(Cl)c(C(F)(F)F)c2)ccc1OCC. The van der Waals surface area contributed by atoms with Crippen LogP contribution in [0.3, 0.4) is 0 Å². The third kappa shape index (κ3) is 5.62. The van der Waals surface area contributed by atoms with Gasteiger partial charge in [-0.1, -0.05) is 18.5 Å². The molecule has 0 radical (unpaired) electrons. The number of hydrogen-bond acceptors (Lipinski definition) is 4. The first-order valence-corrected chi connectivity index (χ1v) is 10.3. The third-order valence-electron chi connectivity index (χ3n) is 3.66. The van der Waals surface area contributed by atoms with Crippen molar-refractivity contribution in [2.24, 2.45) is 0 Å². The third-order valence-corrected chi connectivity index (χ3v) is 5.56. The average molecular weight is 451 g/mol. The summed E-state index contributed by atoms with van der Waals surface area (Å²) in [6.45, 7) is 3.58. The van der Waals surface area contributed by atoms with Gasteiger partial charge < -0.3 is 10.1 Å². The lowest BCUT2D eigenvalue weighted by atomic mass is 10.1. The Bertz CT molecular complexity index is 1010. The van der Waals surface area contributed by atoms with Crippen LogP contribution < -0.4 is 14.8 Å². The molecule has 0 saturated heterocycles. The van der Waals surface area contributed by atoms with Crippen LogP contribution in [0.4, 0.5) is 18.9 Å². The number of ether oxygens (including phenoxy) is 1. The van der Waals surface area contributed by atoms with Gasteiger partial charge in [0, 0.05) is 17.8 Å². The van der Waals surface area contributed by atoms with Gasteiger partial charge in [-0.15, -0.1) is 0 Å². The molecule has 11 heteroatoms. The second-order valence-electron chi connectivity index (χ2n) is 5.74. The summed E-state index contributed by atoms with van der Waals surface area (Å²) in [7, 11) is -3.94. The molecule has 158 valence electrons. The predicted octanol–water partition coefficient (Wildman–Crippen LogP) is 4.31. The minimum Gasteiger partial charge on any atom is -0.492 e. The quantitative estimate of drug-likeness (QED) is 0.658. The second-order valence-corrected chi connectivity index (χ2v) is 7.88. The molecule has 0 aliphatic rings. The zero-order valence-corrected chi connectivity index (χ0v) is 17.0. The summed E-state index contributed by atoms with van der Waals surface area (Å²) in [5, 5.41) is 1.80. The van der Waals surface area contributed by atoms with Gasteiger partial charge in [0.2, 0.25) is 10.0 Å². The highest BCUT2D eigenvalue weighted by molar-refractivity contribution is 7.89. The Morgan fingerprint density at radius 3 is 2.41 bits per heavy atom. The summed E-state index contributed by atoms with van der Waals surface area (Å²) in [4.78, 5) is 12.2. The monoisotopic (exact) mass is 450 g/mol. The minimum atomic E-state index is -4.69. The number of alkyl halides is 3. The van der Waals surface area contributed by atoms with Crippen molar-refractivity contribution in [2.75, 3.05) is 18.5 Å². The van der Waals surface area contributed by atoms with Crippen LogP contribution in [0.15, 0.2) is 41.3 Å². The number of carbonyl (C=O) groups is 1. The van der Waals surface area contributed by atoms with E-state index >= 15 is 0 Å².